The Bertz CT molecular complexity index is 636. The summed E-state index contributed by atoms with van der Waals surface area (Å²) in [6, 6.07) is 7.42. The van der Waals surface area contributed by atoms with Crippen LogP contribution in [0.2, 0.25) is 5.02 Å². The molecule has 0 unspecified atom stereocenters. The van der Waals surface area contributed by atoms with Gasteiger partial charge < -0.3 is 10.5 Å². The van der Waals surface area contributed by atoms with E-state index in [1.165, 1.54) is 7.11 Å². The molecule has 104 valence electrons. The maximum absolute atomic E-state index is 11.6. The number of nitrogen functional groups attached to an aromatic ring is 1. The third-order valence-corrected chi connectivity index (χ3v) is 3.04. The SMILES string of the molecule is COC(=O)c1c(C)nc(Cc2cccc(Cl)c2)nc1N. The van der Waals surface area contributed by atoms with Gasteiger partial charge in [0.25, 0.3) is 0 Å². The smallest absolute Gasteiger partial charge is 0.343 e. The number of ether oxygens (including phenoxy) is 1. The van der Waals surface area contributed by atoms with Crippen LogP contribution in [0, 0.1) is 6.92 Å². The second-order valence-corrected chi connectivity index (χ2v) is 4.72. The number of nitrogens with two attached hydrogens (primary N) is 1. The van der Waals surface area contributed by atoms with Gasteiger partial charge in [-0.2, -0.15) is 0 Å². The highest BCUT2D eigenvalue weighted by Gasteiger charge is 2.17. The van der Waals surface area contributed by atoms with Crippen molar-refractivity contribution in [2.24, 2.45) is 0 Å². The number of hydrogen-bond acceptors (Lipinski definition) is 5. The van der Waals surface area contributed by atoms with Crippen molar-refractivity contribution < 1.29 is 9.53 Å². The fourth-order valence-corrected chi connectivity index (χ4v) is 2.13. The highest BCUT2D eigenvalue weighted by atomic mass is 35.5. The Hall–Kier alpha value is -2.14. The lowest BCUT2D eigenvalue weighted by atomic mass is 10.1. The van der Waals surface area contributed by atoms with Crippen LogP contribution in [0.1, 0.15) is 27.4 Å². The first-order chi connectivity index (χ1) is 9.51. The molecule has 0 aliphatic carbocycles. The Morgan fingerprint density at radius 3 is 2.75 bits per heavy atom. The maximum atomic E-state index is 11.6. The van der Waals surface area contributed by atoms with Crippen LogP contribution < -0.4 is 5.73 Å². The molecule has 1 heterocycles. The molecule has 0 spiro atoms. The van der Waals surface area contributed by atoms with Crippen LogP contribution in [0.15, 0.2) is 24.3 Å². The van der Waals surface area contributed by atoms with Crippen molar-refractivity contribution in [3.63, 3.8) is 0 Å². The van der Waals surface area contributed by atoms with E-state index < -0.39 is 5.97 Å². The molecule has 2 rings (SSSR count). The Morgan fingerprint density at radius 1 is 1.40 bits per heavy atom. The number of carbonyl (C=O) groups is 1. The highest BCUT2D eigenvalue weighted by molar-refractivity contribution is 6.30. The molecule has 0 bridgehead atoms. The number of methoxy groups -OCH3 is 1. The van der Waals surface area contributed by atoms with Gasteiger partial charge in [0.15, 0.2) is 0 Å². The monoisotopic (exact) mass is 291 g/mol. The van der Waals surface area contributed by atoms with Gasteiger partial charge in [-0.1, -0.05) is 23.7 Å². The molecule has 0 saturated heterocycles. The van der Waals surface area contributed by atoms with E-state index in [2.05, 4.69) is 14.7 Å². The molecule has 0 aliphatic heterocycles. The number of carbonyl (C=O) groups excluding carboxylic acids is 1. The number of benzene rings is 1. The van der Waals surface area contributed by atoms with Gasteiger partial charge in [-0.15, -0.1) is 0 Å². The standard InChI is InChI=1S/C14H14ClN3O2/c1-8-12(14(19)20-2)13(16)18-11(17-8)7-9-4-3-5-10(15)6-9/h3-6H,7H2,1-2H3,(H2,16,17,18). The third kappa shape index (κ3) is 3.05. The van der Waals surface area contributed by atoms with E-state index in [1.807, 2.05) is 18.2 Å². The number of aryl methyl sites for hydroxylation is 1. The Labute approximate surface area is 121 Å². The minimum absolute atomic E-state index is 0.126. The van der Waals surface area contributed by atoms with Gasteiger partial charge in [-0.3, -0.25) is 0 Å². The van der Waals surface area contributed by atoms with Gasteiger partial charge in [0.05, 0.1) is 12.8 Å². The summed E-state index contributed by atoms with van der Waals surface area (Å²) in [6.45, 7) is 1.70. The summed E-state index contributed by atoms with van der Waals surface area (Å²) >= 11 is 5.93. The van der Waals surface area contributed by atoms with E-state index in [-0.39, 0.29) is 11.4 Å². The van der Waals surface area contributed by atoms with Crippen LogP contribution in [0.5, 0.6) is 0 Å². The lowest BCUT2D eigenvalue weighted by molar-refractivity contribution is 0.0600. The first kappa shape index (κ1) is 14.3. The number of aromatic nitrogens is 2. The van der Waals surface area contributed by atoms with Crippen molar-refractivity contribution in [1.82, 2.24) is 9.97 Å². The van der Waals surface area contributed by atoms with E-state index in [0.29, 0.717) is 23.0 Å². The fraction of sp³-hybridized carbons (Fsp3) is 0.214. The average molecular weight is 292 g/mol. The fourth-order valence-electron chi connectivity index (χ4n) is 1.92. The topological polar surface area (TPSA) is 78.1 Å². The zero-order valence-corrected chi connectivity index (χ0v) is 11.9. The minimum Gasteiger partial charge on any atom is -0.465 e. The predicted molar refractivity (Wildman–Crippen MR) is 76.8 cm³/mol. The summed E-state index contributed by atoms with van der Waals surface area (Å²) in [5.74, 6) is 0.130. The van der Waals surface area contributed by atoms with Gasteiger partial charge in [0.2, 0.25) is 0 Å². The van der Waals surface area contributed by atoms with E-state index in [1.54, 1.807) is 13.0 Å². The van der Waals surface area contributed by atoms with Gasteiger partial charge in [-0.25, -0.2) is 14.8 Å². The second-order valence-electron chi connectivity index (χ2n) is 4.28. The summed E-state index contributed by atoms with van der Waals surface area (Å²) in [4.78, 5) is 20.0. The number of halogens is 1. The van der Waals surface area contributed by atoms with E-state index in [0.717, 1.165) is 5.56 Å². The van der Waals surface area contributed by atoms with Gasteiger partial charge in [0.1, 0.15) is 17.2 Å². The molecule has 0 amide bonds. The molecule has 1 aromatic carbocycles. The number of anilines is 1. The van der Waals surface area contributed by atoms with Crippen LogP contribution in [-0.2, 0) is 11.2 Å². The molecule has 1 aromatic heterocycles. The van der Waals surface area contributed by atoms with Crippen LogP contribution in [0.3, 0.4) is 0 Å². The molecule has 6 heteroatoms. The predicted octanol–water partition coefficient (Wildman–Crippen LogP) is 2.40. The Kier molecular flexibility index (Phi) is 4.20. The summed E-state index contributed by atoms with van der Waals surface area (Å²) in [5, 5.41) is 0.651. The number of rotatable bonds is 3. The molecule has 0 radical (unpaired) electrons. The first-order valence-electron chi connectivity index (χ1n) is 5.97. The van der Waals surface area contributed by atoms with E-state index in [4.69, 9.17) is 17.3 Å². The first-order valence-corrected chi connectivity index (χ1v) is 6.35. The van der Waals surface area contributed by atoms with Crippen molar-refractivity contribution in [3.05, 3.63) is 51.9 Å². The van der Waals surface area contributed by atoms with Gasteiger partial charge in [-0.05, 0) is 24.6 Å². The lowest BCUT2D eigenvalue weighted by Crippen LogP contribution is -2.13. The third-order valence-electron chi connectivity index (χ3n) is 2.81. The molecule has 2 aromatic rings. The van der Waals surface area contributed by atoms with Crippen molar-refractivity contribution in [2.75, 3.05) is 12.8 Å². The molecular weight excluding hydrogens is 278 g/mol. The van der Waals surface area contributed by atoms with Crippen LogP contribution in [0.4, 0.5) is 5.82 Å². The molecule has 5 nitrogen and oxygen atoms in total. The Balaban J connectivity index is 2.33. The average Bonchev–Trinajstić information content (AvgIpc) is 2.37. The summed E-state index contributed by atoms with van der Waals surface area (Å²) in [5.41, 5.74) is 7.49. The van der Waals surface area contributed by atoms with Gasteiger partial charge in [0, 0.05) is 11.4 Å². The molecule has 0 aliphatic rings. The molecule has 0 atom stereocenters. The van der Waals surface area contributed by atoms with Crippen molar-refractivity contribution >= 4 is 23.4 Å². The summed E-state index contributed by atoms with van der Waals surface area (Å²) in [6.07, 6.45) is 0.493. The molecule has 20 heavy (non-hydrogen) atoms. The largest absolute Gasteiger partial charge is 0.465 e. The van der Waals surface area contributed by atoms with E-state index in [9.17, 15) is 4.79 Å². The second kappa shape index (κ2) is 5.88. The molecular formula is C14H14ClN3O2. The van der Waals surface area contributed by atoms with E-state index >= 15 is 0 Å². The van der Waals surface area contributed by atoms with Crippen LogP contribution in [-0.4, -0.2) is 23.0 Å². The minimum atomic E-state index is -0.533. The number of hydrogen-bond donors (Lipinski definition) is 1. The maximum Gasteiger partial charge on any atom is 0.343 e. The number of esters is 1. The molecule has 0 fully saturated rings. The van der Waals surface area contributed by atoms with Crippen molar-refractivity contribution in [2.45, 2.75) is 13.3 Å². The summed E-state index contributed by atoms with van der Waals surface area (Å²) in [7, 11) is 1.29. The summed E-state index contributed by atoms with van der Waals surface area (Å²) < 4.78 is 4.66. The quantitative estimate of drug-likeness (QED) is 0.879. The zero-order chi connectivity index (χ0) is 14.7. The zero-order valence-electron chi connectivity index (χ0n) is 11.2. The normalized spacial score (nSPS) is 10.3. The van der Waals surface area contributed by atoms with Crippen molar-refractivity contribution in [3.8, 4) is 0 Å². The lowest BCUT2D eigenvalue weighted by Gasteiger charge is -2.09. The van der Waals surface area contributed by atoms with Crippen molar-refractivity contribution in [1.29, 1.82) is 0 Å². The molecule has 0 saturated carbocycles. The van der Waals surface area contributed by atoms with Crippen LogP contribution >= 0.6 is 11.6 Å². The number of nitrogens with zero attached hydrogens (tertiary/aromatic N) is 2. The van der Waals surface area contributed by atoms with Crippen LogP contribution in [0.25, 0.3) is 0 Å². The van der Waals surface area contributed by atoms with Gasteiger partial charge >= 0.3 is 5.97 Å². The highest BCUT2D eigenvalue weighted by Crippen LogP contribution is 2.17. The Morgan fingerprint density at radius 2 is 2.15 bits per heavy atom. The molecule has 2 N–H and O–H groups in total.